The van der Waals surface area contributed by atoms with E-state index in [1.807, 2.05) is 0 Å². The van der Waals surface area contributed by atoms with Crippen molar-refractivity contribution in [3.05, 3.63) is 58.6 Å². The molecule has 2 N–H and O–H groups in total. The number of benzene rings is 3. The van der Waals surface area contributed by atoms with Gasteiger partial charge in [-0.25, -0.2) is 8.42 Å². The van der Waals surface area contributed by atoms with E-state index in [0.29, 0.717) is 0 Å². The van der Waals surface area contributed by atoms with E-state index >= 15 is 0 Å². The van der Waals surface area contributed by atoms with Crippen LogP contribution in [0.5, 0.6) is 11.5 Å². The largest absolute Gasteiger partial charge is 1.00 e. The van der Waals surface area contributed by atoms with Crippen molar-refractivity contribution in [2.24, 2.45) is 10.2 Å². The fourth-order valence-corrected chi connectivity index (χ4v) is 3.15. The molecule has 0 atom stereocenters. The van der Waals surface area contributed by atoms with E-state index in [4.69, 9.17) is 12.6 Å². The van der Waals surface area contributed by atoms with Gasteiger partial charge in [0.1, 0.15) is 21.5 Å². The van der Waals surface area contributed by atoms with Crippen LogP contribution >= 0.6 is 0 Å². The zero-order valence-electron chi connectivity index (χ0n) is 15.9. The molecule has 3 aromatic rings. The van der Waals surface area contributed by atoms with Gasteiger partial charge in [-0.05, 0) is 12.1 Å². The van der Waals surface area contributed by atoms with Crippen LogP contribution in [0.15, 0.2) is 63.7 Å². The number of fused-ring (bicyclic) bond motifs is 1. The minimum Gasteiger partial charge on any atom is -0.744 e. The van der Waals surface area contributed by atoms with E-state index in [1.54, 1.807) is 0 Å². The monoisotopic (exact) mass is 491 g/mol. The van der Waals surface area contributed by atoms with Crippen molar-refractivity contribution in [2.75, 3.05) is 0 Å². The average molecular weight is 491 g/mol. The maximum Gasteiger partial charge on any atom is 1.00 e. The van der Waals surface area contributed by atoms with Crippen LogP contribution in [0, 0.1) is 10.1 Å². The molecule has 0 aliphatic heterocycles. The molecule has 0 amide bonds. The van der Waals surface area contributed by atoms with Crippen LogP contribution in [-0.2, 0) is 20.7 Å². The summed E-state index contributed by atoms with van der Waals surface area (Å²) in [5.41, 5.74) is -1.23. The van der Waals surface area contributed by atoms with E-state index in [0.717, 1.165) is 12.1 Å². The molecule has 0 aliphatic carbocycles. The normalized spacial score (nSPS) is 10.8. The van der Waals surface area contributed by atoms with Crippen molar-refractivity contribution in [2.45, 2.75) is 4.90 Å². The van der Waals surface area contributed by atoms with Crippen LogP contribution in [0.1, 0.15) is 0 Å². The summed E-state index contributed by atoms with van der Waals surface area (Å²) in [6.45, 7) is 0. The molecule has 0 heterocycles. The summed E-state index contributed by atoms with van der Waals surface area (Å²) in [4.78, 5) is 9.42. The SMILES string of the molecule is O=S(=O)=O.O=[N+]([O-])c1cccc(N=Nc2cc(S(=O)(=O)[O-])c3ccccc3c2O)c1O.[Na+]. The number of phenols is 2. The summed E-state index contributed by atoms with van der Waals surface area (Å²) in [7, 11) is -7.99. The standard InChI is InChI=1S/C16H11N3O7S.Na.O3S/c20-15-10-5-2-1-4-9(10)14(27(24,25)26)8-12(15)18-17-11-6-3-7-13(16(11)21)19(22)23;;1-4(2)3/h1-8,20-21H,(H,24,25,26);;/q;+1;/p-1. The summed E-state index contributed by atoms with van der Waals surface area (Å²) in [6, 6.07) is 10.2. The van der Waals surface area contributed by atoms with Crippen molar-refractivity contribution in [3.8, 4) is 11.5 Å². The smallest absolute Gasteiger partial charge is 0.744 e. The van der Waals surface area contributed by atoms with Gasteiger partial charge in [-0.2, -0.15) is 0 Å². The molecule has 0 unspecified atom stereocenters. The maximum absolute atomic E-state index is 11.5. The van der Waals surface area contributed by atoms with E-state index in [-0.39, 0.29) is 51.7 Å². The Morgan fingerprint density at radius 2 is 1.41 bits per heavy atom. The van der Waals surface area contributed by atoms with E-state index in [9.17, 15) is 33.3 Å². The molecule has 162 valence electrons. The summed E-state index contributed by atoms with van der Waals surface area (Å²) in [5.74, 6) is -1.19. The summed E-state index contributed by atoms with van der Waals surface area (Å²) >= 11 is 0. The third-order valence-corrected chi connectivity index (χ3v) is 4.56. The number of rotatable bonds is 4. The van der Waals surface area contributed by atoms with Gasteiger partial charge in [0.05, 0.1) is 9.82 Å². The second-order valence-electron chi connectivity index (χ2n) is 5.55. The zero-order valence-corrected chi connectivity index (χ0v) is 19.6. The first-order chi connectivity index (χ1) is 14.4. The maximum atomic E-state index is 11.5. The molecule has 13 nitrogen and oxygen atoms in total. The molecule has 0 aromatic heterocycles. The summed E-state index contributed by atoms with van der Waals surface area (Å²) < 4.78 is 59.9. The molecular formula is C16H10N3NaO10S2. The van der Waals surface area contributed by atoms with Crippen molar-refractivity contribution in [1.82, 2.24) is 0 Å². The van der Waals surface area contributed by atoms with Gasteiger partial charge in [0, 0.05) is 16.8 Å². The van der Waals surface area contributed by atoms with Gasteiger partial charge in [-0.1, -0.05) is 30.3 Å². The van der Waals surface area contributed by atoms with E-state index < -0.39 is 47.7 Å². The number of nitro groups is 1. The molecule has 0 aliphatic rings. The third kappa shape index (κ3) is 6.52. The van der Waals surface area contributed by atoms with Crippen LogP contribution in [-0.4, -0.2) is 40.7 Å². The number of phenolic OH excluding ortho intramolecular Hbond substituents is 2. The molecule has 0 bridgehead atoms. The second kappa shape index (κ2) is 11.1. The van der Waals surface area contributed by atoms with Crippen molar-refractivity contribution in [1.29, 1.82) is 0 Å². The first kappa shape index (κ1) is 27.1. The molecule has 0 spiro atoms. The van der Waals surface area contributed by atoms with Crippen molar-refractivity contribution < 1.29 is 70.3 Å². The average Bonchev–Trinajstić information content (AvgIpc) is 2.67. The topological polar surface area (TPSA) is 217 Å². The number of para-hydroxylation sites is 1. The van der Waals surface area contributed by atoms with Crippen LogP contribution < -0.4 is 29.6 Å². The number of hydrogen-bond acceptors (Lipinski definition) is 12. The van der Waals surface area contributed by atoms with Gasteiger partial charge in [0.15, 0.2) is 5.75 Å². The summed E-state index contributed by atoms with van der Waals surface area (Å²) in [6.07, 6.45) is 0. The molecule has 0 saturated heterocycles. The Labute approximate surface area is 203 Å². The number of hydrogen-bond donors (Lipinski definition) is 2. The Morgan fingerprint density at radius 1 is 0.875 bits per heavy atom. The Kier molecular flexibility index (Phi) is 9.37. The quantitative estimate of drug-likeness (QED) is 0.156. The van der Waals surface area contributed by atoms with Crippen LogP contribution in [0.3, 0.4) is 0 Å². The second-order valence-corrected chi connectivity index (χ2v) is 7.30. The fraction of sp³-hybridized carbons (Fsp3) is 0. The van der Waals surface area contributed by atoms with Crippen molar-refractivity contribution >= 4 is 48.6 Å². The molecule has 3 rings (SSSR count). The van der Waals surface area contributed by atoms with Crippen molar-refractivity contribution in [3.63, 3.8) is 0 Å². The Hall–Kier alpha value is -2.95. The van der Waals surface area contributed by atoms with Crippen LogP contribution in [0.2, 0.25) is 0 Å². The van der Waals surface area contributed by atoms with E-state index in [2.05, 4.69) is 10.2 Å². The first-order valence-electron chi connectivity index (χ1n) is 7.79. The van der Waals surface area contributed by atoms with Crippen LogP contribution in [0.25, 0.3) is 10.8 Å². The van der Waals surface area contributed by atoms with Gasteiger partial charge in [0.2, 0.25) is 5.75 Å². The predicted molar refractivity (Wildman–Crippen MR) is 102 cm³/mol. The summed E-state index contributed by atoms with van der Waals surface area (Å²) in [5, 5.41) is 38.4. The van der Waals surface area contributed by atoms with Gasteiger partial charge in [0.25, 0.3) is 0 Å². The van der Waals surface area contributed by atoms with Gasteiger partial charge in [-0.15, -0.1) is 22.9 Å². The van der Waals surface area contributed by atoms with Gasteiger partial charge in [-0.3, -0.25) is 10.1 Å². The molecule has 0 radical (unpaired) electrons. The van der Waals surface area contributed by atoms with Gasteiger partial charge < -0.3 is 14.8 Å². The molecule has 3 aromatic carbocycles. The molecule has 0 saturated carbocycles. The number of azo groups is 1. The first-order valence-corrected chi connectivity index (χ1v) is 10.2. The molecule has 32 heavy (non-hydrogen) atoms. The van der Waals surface area contributed by atoms with Crippen LogP contribution in [0.4, 0.5) is 17.1 Å². The third-order valence-electron chi connectivity index (χ3n) is 3.68. The zero-order chi connectivity index (χ0) is 23.3. The Bertz CT molecular complexity index is 1420. The Balaban J connectivity index is 0.000000945. The van der Waals surface area contributed by atoms with Gasteiger partial charge >= 0.3 is 45.9 Å². The number of nitrogens with zero attached hydrogens (tertiary/aromatic N) is 3. The minimum atomic E-state index is -4.88. The fourth-order valence-electron chi connectivity index (χ4n) is 2.45. The Morgan fingerprint density at radius 3 is 1.94 bits per heavy atom. The van der Waals surface area contributed by atoms with E-state index in [1.165, 1.54) is 36.4 Å². The minimum absolute atomic E-state index is 0. The molecule has 0 fully saturated rings. The predicted octanol–water partition coefficient (Wildman–Crippen LogP) is -0.521. The molecular weight excluding hydrogens is 481 g/mol. The number of aromatic hydroxyl groups is 2. The number of nitro benzene ring substituents is 1. The molecule has 16 heteroatoms.